The van der Waals surface area contributed by atoms with Crippen LogP contribution >= 0.6 is 11.6 Å². The molecule has 0 amide bonds. The van der Waals surface area contributed by atoms with Gasteiger partial charge in [0.1, 0.15) is 6.61 Å². The third kappa shape index (κ3) is 3.41. The lowest BCUT2D eigenvalue weighted by molar-refractivity contribution is -0.201. The molecule has 16 heavy (non-hydrogen) atoms. The summed E-state index contributed by atoms with van der Waals surface area (Å²) in [6, 6.07) is 4.62. The zero-order valence-electron chi connectivity index (χ0n) is 8.27. The highest BCUT2D eigenvalue weighted by atomic mass is 35.5. The largest absolute Gasteiger partial charge is 0.490 e. The number of esters is 1. The fraction of sp³-hybridized carbons (Fsp3) is 0.300. The Bertz CT molecular complexity index is 402. The molecule has 0 heterocycles. The number of benzene rings is 1. The summed E-state index contributed by atoms with van der Waals surface area (Å²) in [5.41, 5.74) is 1.16. The van der Waals surface area contributed by atoms with Gasteiger partial charge in [0.05, 0.1) is 0 Å². The van der Waals surface area contributed by atoms with Gasteiger partial charge in [0, 0.05) is 5.02 Å². The highest BCUT2D eigenvalue weighted by Crippen LogP contribution is 2.20. The van der Waals surface area contributed by atoms with Gasteiger partial charge in [-0.05, 0) is 30.2 Å². The predicted octanol–water partition coefficient (Wildman–Crippen LogP) is 3.25. The molecule has 0 unspecified atom stereocenters. The molecule has 0 saturated heterocycles. The van der Waals surface area contributed by atoms with Crippen LogP contribution in [-0.2, 0) is 16.1 Å². The second-order valence-corrected chi connectivity index (χ2v) is 3.58. The van der Waals surface area contributed by atoms with Crippen LogP contribution in [0, 0.1) is 6.92 Å². The fourth-order valence-electron chi connectivity index (χ4n) is 1.05. The van der Waals surface area contributed by atoms with Gasteiger partial charge in [0.15, 0.2) is 0 Å². The summed E-state index contributed by atoms with van der Waals surface area (Å²) < 4.78 is 39.6. The van der Waals surface area contributed by atoms with E-state index in [0.717, 1.165) is 0 Å². The lowest BCUT2D eigenvalue weighted by Crippen LogP contribution is -2.25. The fourth-order valence-corrected chi connectivity index (χ4v) is 1.27. The molecule has 6 heteroatoms. The maximum atomic E-state index is 11.8. The van der Waals surface area contributed by atoms with Gasteiger partial charge in [0.25, 0.3) is 0 Å². The molecule has 0 fully saturated rings. The van der Waals surface area contributed by atoms with E-state index in [1.807, 2.05) is 0 Å². The zero-order valence-corrected chi connectivity index (χ0v) is 9.02. The van der Waals surface area contributed by atoms with Crippen LogP contribution < -0.4 is 0 Å². The highest BCUT2D eigenvalue weighted by molar-refractivity contribution is 6.30. The Labute approximate surface area is 95.0 Å². The minimum absolute atomic E-state index is 0.415. The van der Waals surface area contributed by atoms with Crippen molar-refractivity contribution in [2.45, 2.75) is 19.7 Å². The van der Waals surface area contributed by atoms with Crippen molar-refractivity contribution in [3.8, 4) is 0 Å². The Morgan fingerprint density at radius 2 is 2.06 bits per heavy atom. The summed E-state index contributed by atoms with van der Waals surface area (Å²) in [6.07, 6.45) is -4.96. The molecule has 0 aliphatic rings. The minimum atomic E-state index is -4.96. The van der Waals surface area contributed by atoms with Gasteiger partial charge in [-0.1, -0.05) is 17.7 Å². The van der Waals surface area contributed by atoms with E-state index in [4.69, 9.17) is 11.6 Å². The maximum absolute atomic E-state index is 11.8. The summed E-state index contributed by atoms with van der Waals surface area (Å²) in [5, 5.41) is 0.475. The molecular weight excluding hydrogens is 245 g/mol. The number of carbonyl (C=O) groups excluding carboxylic acids is 1. The molecule has 0 radical (unpaired) electrons. The molecule has 1 aromatic carbocycles. The number of aryl methyl sites for hydroxylation is 1. The Balaban J connectivity index is 2.65. The SMILES string of the molecule is Cc1cc(Cl)ccc1COC(=O)C(F)(F)F. The third-order valence-electron chi connectivity index (χ3n) is 1.89. The summed E-state index contributed by atoms with van der Waals surface area (Å²) in [6.45, 7) is 1.25. The molecule has 0 aliphatic carbocycles. The van der Waals surface area contributed by atoms with E-state index in [9.17, 15) is 18.0 Å². The summed E-state index contributed by atoms with van der Waals surface area (Å²) in [5.74, 6) is -2.19. The van der Waals surface area contributed by atoms with Crippen molar-refractivity contribution in [1.29, 1.82) is 0 Å². The Hall–Kier alpha value is -1.23. The number of hydrogen-bond donors (Lipinski definition) is 0. The standard InChI is InChI=1S/C10H8ClF3O2/c1-6-4-8(11)3-2-7(6)5-16-9(15)10(12,13)14/h2-4H,5H2,1H3. The number of alkyl halides is 3. The third-order valence-corrected chi connectivity index (χ3v) is 2.13. The number of halogens is 4. The zero-order chi connectivity index (χ0) is 12.3. The van der Waals surface area contributed by atoms with E-state index in [1.54, 1.807) is 13.0 Å². The van der Waals surface area contributed by atoms with E-state index in [1.165, 1.54) is 12.1 Å². The van der Waals surface area contributed by atoms with E-state index in [0.29, 0.717) is 16.1 Å². The predicted molar refractivity (Wildman–Crippen MR) is 52.0 cm³/mol. The van der Waals surface area contributed by atoms with Crippen LogP contribution in [0.25, 0.3) is 0 Å². The second kappa shape index (κ2) is 4.74. The van der Waals surface area contributed by atoms with Gasteiger partial charge in [-0.2, -0.15) is 13.2 Å². The first-order valence-electron chi connectivity index (χ1n) is 4.29. The first kappa shape index (κ1) is 12.8. The smallest absolute Gasteiger partial charge is 0.454 e. The Morgan fingerprint density at radius 3 is 2.56 bits per heavy atom. The Morgan fingerprint density at radius 1 is 1.44 bits per heavy atom. The summed E-state index contributed by atoms with van der Waals surface area (Å²) in [4.78, 5) is 10.4. The average Bonchev–Trinajstić information content (AvgIpc) is 2.14. The van der Waals surface area contributed by atoms with Crippen LogP contribution in [0.5, 0.6) is 0 Å². The number of hydrogen-bond acceptors (Lipinski definition) is 2. The van der Waals surface area contributed by atoms with Crippen molar-refractivity contribution in [2.75, 3.05) is 0 Å². The highest BCUT2D eigenvalue weighted by Gasteiger charge is 2.40. The first-order chi connectivity index (χ1) is 7.30. The maximum Gasteiger partial charge on any atom is 0.490 e. The van der Waals surface area contributed by atoms with E-state index < -0.39 is 18.8 Å². The molecular formula is C10H8ClF3O2. The lowest BCUT2D eigenvalue weighted by Gasteiger charge is -2.09. The van der Waals surface area contributed by atoms with Gasteiger partial charge < -0.3 is 4.74 Å². The minimum Gasteiger partial charge on any atom is -0.454 e. The van der Waals surface area contributed by atoms with Crippen LogP contribution in [-0.4, -0.2) is 12.1 Å². The van der Waals surface area contributed by atoms with E-state index >= 15 is 0 Å². The van der Waals surface area contributed by atoms with Crippen molar-refractivity contribution in [3.63, 3.8) is 0 Å². The molecule has 88 valence electrons. The normalized spacial score (nSPS) is 11.3. The molecule has 0 saturated carbocycles. The molecule has 1 rings (SSSR count). The van der Waals surface area contributed by atoms with Gasteiger partial charge in [-0.25, -0.2) is 4.79 Å². The quantitative estimate of drug-likeness (QED) is 0.755. The molecule has 1 aromatic rings. The second-order valence-electron chi connectivity index (χ2n) is 3.14. The molecule has 0 atom stereocenters. The van der Waals surface area contributed by atoms with Crippen LogP contribution in [0.4, 0.5) is 13.2 Å². The molecule has 0 aliphatic heterocycles. The average molecular weight is 253 g/mol. The molecule has 0 N–H and O–H groups in total. The van der Waals surface area contributed by atoms with Crippen LogP contribution in [0.3, 0.4) is 0 Å². The number of rotatable bonds is 2. The van der Waals surface area contributed by atoms with Gasteiger partial charge in [0.2, 0.25) is 0 Å². The van der Waals surface area contributed by atoms with Crippen LogP contribution in [0.2, 0.25) is 5.02 Å². The van der Waals surface area contributed by atoms with Gasteiger partial charge >= 0.3 is 12.1 Å². The lowest BCUT2D eigenvalue weighted by atomic mass is 10.1. The first-order valence-corrected chi connectivity index (χ1v) is 4.67. The topological polar surface area (TPSA) is 26.3 Å². The van der Waals surface area contributed by atoms with Crippen molar-refractivity contribution >= 4 is 17.6 Å². The van der Waals surface area contributed by atoms with Crippen molar-refractivity contribution in [3.05, 3.63) is 34.3 Å². The van der Waals surface area contributed by atoms with Crippen LogP contribution in [0.15, 0.2) is 18.2 Å². The Kier molecular flexibility index (Phi) is 3.80. The van der Waals surface area contributed by atoms with Gasteiger partial charge in [-0.3, -0.25) is 0 Å². The summed E-state index contributed by atoms with van der Waals surface area (Å²) >= 11 is 5.66. The van der Waals surface area contributed by atoms with E-state index in [-0.39, 0.29) is 0 Å². The van der Waals surface area contributed by atoms with Crippen molar-refractivity contribution in [2.24, 2.45) is 0 Å². The number of carbonyl (C=O) groups is 1. The van der Waals surface area contributed by atoms with Crippen molar-refractivity contribution in [1.82, 2.24) is 0 Å². The van der Waals surface area contributed by atoms with Crippen LogP contribution in [0.1, 0.15) is 11.1 Å². The summed E-state index contributed by atoms with van der Waals surface area (Å²) in [7, 11) is 0. The number of ether oxygens (including phenoxy) is 1. The van der Waals surface area contributed by atoms with Gasteiger partial charge in [-0.15, -0.1) is 0 Å². The van der Waals surface area contributed by atoms with E-state index in [2.05, 4.69) is 4.74 Å². The molecule has 0 spiro atoms. The molecule has 0 aromatic heterocycles. The monoisotopic (exact) mass is 252 g/mol. The van der Waals surface area contributed by atoms with Crippen molar-refractivity contribution < 1.29 is 22.7 Å². The molecule has 2 nitrogen and oxygen atoms in total. The molecule has 0 bridgehead atoms.